The molecule has 2 heterocycles. The fourth-order valence-electron chi connectivity index (χ4n) is 2.13. The highest BCUT2D eigenvalue weighted by molar-refractivity contribution is 5.76. The highest BCUT2D eigenvalue weighted by Gasteiger charge is 2.20. The minimum atomic E-state index is 0.237. The Bertz CT molecular complexity index is 396. The van der Waals surface area contributed by atoms with Crippen LogP contribution in [0.25, 0.3) is 0 Å². The van der Waals surface area contributed by atoms with E-state index in [0.29, 0.717) is 13.0 Å². The zero-order valence-electron chi connectivity index (χ0n) is 10.8. The van der Waals surface area contributed by atoms with Gasteiger partial charge in [-0.05, 0) is 11.6 Å². The van der Waals surface area contributed by atoms with Gasteiger partial charge in [-0.25, -0.2) is 4.98 Å². The summed E-state index contributed by atoms with van der Waals surface area (Å²) in [5.74, 6) is 1.21. The van der Waals surface area contributed by atoms with Gasteiger partial charge in [-0.15, -0.1) is 0 Å². The van der Waals surface area contributed by atoms with Gasteiger partial charge in [0.1, 0.15) is 5.82 Å². The average Bonchev–Trinajstić information content (AvgIpc) is 2.47. The summed E-state index contributed by atoms with van der Waals surface area (Å²) in [5, 5.41) is 0. The molecule has 18 heavy (non-hydrogen) atoms. The van der Waals surface area contributed by atoms with E-state index in [0.717, 1.165) is 37.6 Å². The maximum Gasteiger partial charge on any atom is 0.222 e. The lowest BCUT2D eigenvalue weighted by atomic mass is 10.2. The van der Waals surface area contributed by atoms with Crippen molar-refractivity contribution < 1.29 is 4.79 Å². The van der Waals surface area contributed by atoms with E-state index in [4.69, 9.17) is 5.73 Å². The molecular weight excluding hydrogens is 228 g/mol. The Morgan fingerprint density at radius 2 is 2.06 bits per heavy atom. The van der Waals surface area contributed by atoms with Crippen molar-refractivity contribution in [2.75, 3.05) is 31.1 Å². The number of hydrogen-bond acceptors (Lipinski definition) is 4. The van der Waals surface area contributed by atoms with Gasteiger partial charge in [-0.3, -0.25) is 4.79 Å². The fourth-order valence-corrected chi connectivity index (χ4v) is 2.13. The fraction of sp³-hybridized carbons (Fsp3) is 0.538. The summed E-state index contributed by atoms with van der Waals surface area (Å²) < 4.78 is 0. The zero-order valence-corrected chi connectivity index (χ0v) is 10.8. The van der Waals surface area contributed by atoms with E-state index in [2.05, 4.69) is 9.88 Å². The van der Waals surface area contributed by atoms with E-state index >= 15 is 0 Å². The van der Waals surface area contributed by atoms with E-state index in [-0.39, 0.29) is 5.91 Å². The van der Waals surface area contributed by atoms with Crippen molar-refractivity contribution >= 4 is 11.7 Å². The second-order valence-corrected chi connectivity index (χ2v) is 4.45. The lowest BCUT2D eigenvalue weighted by Crippen LogP contribution is -2.48. The Morgan fingerprint density at radius 1 is 1.33 bits per heavy atom. The molecule has 1 aliphatic rings. The molecule has 0 spiro atoms. The summed E-state index contributed by atoms with van der Waals surface area (Å²) in [4.78, 5) is 20.1. The molecule has 0 atom stereocenters. The number of anilines is 1. The van der Waals surface area contributed by atoms with Crippen LogP contribution < -0.4 is 10.6 Å². The number of aromatic nitrogens is 1. The number of carbonyl (C=O) groups is 1. The number of carbonyl (C=O) groups excluding carboxylic acids is 1. The third kappa shape index (κ3) is 2.79. The van der Waals surface area contributed by atoms with Crippen LogP contribution in [-0.4, -0.2) is 42.0 Å². The molecule has 0 saturated carbocycles. The number of rotatable bonds is 3. The summed E-state index contributed by atoms with van der Waals surface area (Å²) in [7, 11) is 0. The first kappa shape index (κ1) is 12.8. The predicted octanol–water partition coefficient (Wildman–Crippen LogP) is 0.599. The Hall–Kier alpha value is -1.62. The van der Waals surface area contributed by atoms with Crippen LogP contribution in [0.1, 0.15) is 18.9 Å². The molecule has 0 aliphatic carbocycles. The molecule has 2 N–H and O–H groups in total. The van der Waals surface area contributed by atoms with Gasteiger partial charge in [0.05, 0.1) is 0 Å². The lowest BCUT2D eigenvalue weighted by molar-refractivity contribution is -0.131. The van der Waals surface area contributed by atoms with E-state index in [9.17, 15) is 4.79 Å². The van der Waals surface area contributed by atoms with Gasteiger partial charge in [0.2, 0.25) is 5.91 Å². The Balaban J connectivity index is 1.94. The van der Waals surface area contributed by atoms with Crippen LogP contribution in [0.5, 0.6) is 0 Å². The molecule has 0 bridgehead atoms. The van der Waals surface area contributed by atoms with Crippen molar-refractivity contribution in [3.05, 3.63) is 23.9 Å². The van der Waals surface area contributed by atoms with Crippen molar-refractivity contribution in [1.29, 1.82) is 0 Å². The molecule has 5 nitrogen and oxygen atoms in total. The molecule has 1 fully saturated rings. The van der Waals surface area contributed by atoms with Crippen molar-refractivity contribution in [2.24, 2.45) is 5.73 Å². The topological polar surface area (TPSA) is 62.5 Å². The highest BCUT2D eigenvalue weighted by atomic mass is 16.2. The first-order valence-electron chi connectivity index (χ1n) is 6.42. The third-order valence-electron chi connectivity index (χ3n) is 3.30. The minimum absolute atomic E-state index is 0.237. The van der Waals surface area contributed by atoms with E-state index in [1.165, 1.54) is 0 Å². The van der Waals surface area contributed by atoms with Gasteiger partial charge in [-0.2, -0.15) is 0 Å². The maximum atomic E-state index is 11.6. The van der Waals surface area contributed by atoms with Crippen molar-refractivity contribution in [1.82, 2.24) is 9.88 Å². The van der Waals surface area contributed by atoms with Crippen LogP contribution in [0.3, 0.4) is 0 Å². The number of nitrogens with two attached hydrogens (primary N) is 1. The van der Waals surface area contributed by atoms with Crippen LogP contribution in [0.4, 0.5) is 5.82 Å². The van der Waals surface area contributed by atoms with Crippen LogP contribution in [-0.2, 0) is 11.3 Å². The van der Waals surface area contributed by atoms with Gasteiger partial charge >= 0.3 is 0 Å². The number of pyridine rings is 1. The van der Waals surface area contributed by atoms with E-state index < -0.39 is 0 Å². The minimum Gasteiger partial charge on any atom is -0.353 e. The molecule has 98 valence electrons. The van der Waals surface area contributed by atoms with E-state index in [1.807, 2.05) is 30.2 Å². The van der Waals surface area contributed by atoms with Gasteiger partial charge < -0.3 is 15.5 Å². The third-order valence-corrected chi connectivity index (χ3v) is 3.30. The normalized spacial score (nSPS) is 15.9. The molecule has 0 unspecified atom stereocenters. The van der Waals surface area contributed by atoms with Crippen LogP contribution in [0.2, 0.25) is 0 Å². The zero-order chi connectivity index (χ0) is 13.0. The lowest BCUT2D eigenvalue weighted by Gasteiger charge is -2.35. The van der Waals surface area contributed by atoms with Crippen molar-refractivity contribution in [2.45, 2.75) is 19.9 Å². The Morgan fingerprint density at radius 3 is 2.56 bits per heavy atom. The summed E-state index contributed by atoms with van der Waals surface area (Å²) >= 11 is 0. The molecular formula is C13H20N4O. The van der Waals surface area contributed by atoms with Gasteiger partial charge in [0.25, 0.3) is 0 Å². The predicted molar refractivity (Wildman–Crippen MR) is 71.2 cm³/mol. The molecule has 1 saturated heterocycles. The van der Waals surface area contributed by atoms with Crippen molar-refractivity contribution in [3.63, 3.8) is 0 Å². The van der Waals surface area contributed by atoms with E-state index in [1.54, 1.807) is 0 Å². The molecule has 1 aromatic rings. The first-order chi connectivity index (χ1) is 8.74. The second kappa shape index (κ2) is 5.82. The molecule has 0 radical (unpaired) electrons. The molecule has 1 amide bonds. The highest BCUT2D eigenvalue weighted by Crippen LogP contribution is 2.14. The standard InChI is InChI=1S/C13H20N4O/c1-2-13(18)17-7-5-16(6-8-17)12-4-3-11(9-14)10-15-12/h3-4,10H,2,5-9,14H2,1H3. The van der Waals surface area contributed by atoms with Gasteiger partial charge in [-0.1, -0.05) is 13.0 Å². The smallest absolute Gasteiger partial charge is 0.222 e. The van der Waals surface area contributed by atoms with Crippen LogP contribution in [0, 0.1) is 0 Å². The Kier molecular flexibility index (Phi) is 4.15. The molecule has 1 aliphatic heterocycles. The number of amides is 1. The largest absolute Gasteiger partial charge is 0.353 e. The number of hydrogen-bond donors (Lipinski definition) is 1. The summed E-state index contributed by atoms with van der Waals surface area (Å²) in [6.45, 7) is 5.69. The summed E-state index contributed by atoms with van der Waals surface area (Å²) in [6, 6.07) is 4.01. The van der Waals surface area contributed by atoms with Gasteiger partial charge in [0.15, 0.2) is 0 Å². The molecule has 2 rings (SSSR count). The first-order valence-corrected chi connectivity index (χ1v) is 6.42. The van der Waals surface area contributed by atoms with Crippen LogP contribution >= 0.6 is 0 Å². The molecule has 5 heteroatoms. The monoisotopic (exact) mass is 248 g/mol. The average molecular weight is 248 g/mol. The Labute approximate surface area is 108 Å². The number of piperazine rings is 1. The van der Waals surface area contributed by atoms with Gasteiger partial charge in [0, 0.05) is 45.3 Å². The molecule has 0 aromatic carbocycles. The quantitative estimate of drug-likeness (QED) is 0.851. The second-order valence-electron chi connectivity index (χ2n) is 4.45. The van der Waals surface area contributed by atoms with Crippen molar-refractivity contribution in [3.8, 4) is 0 Å². The maximum absolute atomic E-state index is 11.6. The number of nitrogens with zero attached hydrogens (tertiary/aromatic N) is 3. The van der Waals surface area contributed by atoms with Crippen LogP contribution in [0.15, 0.2) is 18.3 Å². The SMILES string of the molecule is CCC(=O)N1CCN(c2ccc(CN)cn2)CC1. The summed E-state index contributed by atoms with van der Waals surface area (Å²) in [6.07, 6.45) is 2.41. The molecule has 1 aromatic heterocycles. The summed E-state index contributed by atoms with van der Waals surface area (Å²) in [5.41, 5.74) is 6.59.